The van der Waals surface area contributed by atoms with Gasteiger partial charge in [0.2, 0.25) is 0 Å². The Kier molecular flexibility index (Phi) is 3.61. The highest BCUT2D eigenvalue weighted by molar-refractivity contribution is 6.34. The second-order valence-corrected chi connectivity index (χ2v) is 4.56. The van der Waals surface area contributed by atoms with E-state index in [2.05, 4.69) is 15.3 Å². The Labute approximate surface area is 109 Å². The molecule has 0 spiro atoms. The zero-order valence-corrected chi connectivity index (χ0v) is 10.7. The van der Waals surface area contributed by atoms with Crippen molar-refractivity contribution in [1.82, 2.24) is 20.0 Å². The molecule has 2 heterocycles. The average molecular weight is 272 g/mol. The van der Waals surface area contributed by atoms with Crippen LogP contribution in [0.2, 0.25) is 10.0 Å². The molecule has 90 valence electrons. The number of aromatic nitrogens is 4. The molecule has 2 aromatic heterocycles. The molecular formula is C10H11Cl2N5. The van der Waals surface area contributed by atoms with Gasteiger partial charge in [-0.3, -0.25) is 9.67 Å². The van der Waals surface area contributed by atoms with Gasteiger partial charge in [0.15, 0.2) is 0 Å². The van der Waals surface area contributed by atoms with Crippen LogP contribution in [0.4, 0.5) is 0 Å². The van der Waals surface area contributed by atoms with Crippen molar-refractivity contribution >= 4 is 23.2 Å². The first-order valence-electron chi connectivity index (χ1n) is 4.98. The predicted molar refractivity (Wildman–Crippen MR) is 65.9 cm³/mol. The van der Waals surface area contributed by atoms with Crippen molar-refractivity contribution in [3.05, 3.63) is 39.9 Å². The second kappa shape index (κ2) is 5.00. The van der Waals surface area contributed by atoms with Gasteiger partial charge < -0.3 is 5.73 Å². The Morgan fingerprint density at radius 3 is 2.82 bits per heavy atom. The van der Waals surface area contributed by atoms with E-state index in [0.29, 0.717) is 22.2 Å². The fraction of sp³-hybridized carbons (Fsp3) is 0.300. The van der Waals surface area contributed by atoms with Crippen LogP contribution in [0.3, 0.4) is 0 Å². The van der Waals surface area contributed by atoms with Crippen molar-refractivity contribution in [3.63, 3.8) is 0 Å². The van der Waals surface area contributed by atoms with E-state index >= 15 is 0 Å². The van der Waals surface area contributed by atoms with Crippen LogP contribution in [-0.2, 0) is 13.5 Å². The third-order valence-electron chi connectivity index (χ3n) is 2.27. The molecule has 0 saturated carbocycles. The molecule has 2 rings (SSSR count). The fourth-order valence-corrected chi connectivity index (χ4v) is 2.03. The lowest BCUT2D eigenvalue weighted by Crippen LogP contribution is -2.15. The monoisotopic (exact) mass is 271 g/mol. The number of nitrogens with two attached hydrogens (primary N) is 1. The first-order chi connectivity index (χ1) is 8.06. The molecule has 2 N–H and O–H groups in total. The van der Waals surface area contributed by atoms with Crippen LogP contribution in [-0.4, -0.2) is 20.0 Å². The van der Waals surface area contributed by atoms with E-state index < -0.39 is 0 Å². The molecule has 5 nitrogen and oxygen atoms in total. The van der Waals surface area contributed by atoms with Gasteiger partial charge in [-0.15, -0.1) is 5.10 Å². The Morgan fingerprint density at radius 1 is 1.47 bits per heavy atom. The molecule has 0 amide bonds. The number of aryl methyl sites for hydroxylation is 1. The molecule has 0 aliphatic rings. The largest absolute Gasteiger partial charge is 0.322 e. The van der Waals surface area contributed by atoms with Crippen molar-refractivity contribution in [2.24, 2.45) is 12.8 Å². The first-order valence-corrected chi connectivity index (χ1v) is 5.73. The van der Waals surface area contributed by atoms with E-state index in [-0.39, 0.29) is 6.04 Å². The number of halogens is 2. The maximum Gasteiger partial charge on any atom is 0.0846 e. The summed E-state index contributed by atoms with van der Waals surface area (Å²) in [4.78, 5) is 4.14. The number of nitrogens with zero attached hydrogens (tertiary/aromatic N) is 4. The normalized spacial score (nSPS) is 12.7. The molecule has 0 radical (unpaired) electrons. The maximum atomic E-state index is 6.03. The summed E-state index contributed by atoms with van der Waals surface area (Å²) in [6.45, 7) is 0. The van der Waals surface area contributed by atoms with Gasteiger partial charge in [0.05, 0.1) is 27.5 Å². The molecule has 7 heteroatoms. The van der Waals surface area contributed by atoms with Crippen LogP contribution in [0.5, 0.6) is 0 Å². The van der Waals surface area contributed by atoms with Gasteiger partial charge in [0.1, 0.15) is 0 Å². The fourth-order valence-electron chi connectivity index (χ4n) is 1.51. The van der Waals surface area contributed by atoms with Gasteiger partial charge in [-0.2, -0.15) is 0 Å². The van der Waals surface area contributed by atoms with Crippen LogP contribution in [0.1, 0.15) is 17.4 Å². The van der Waals surface area contributed by atoms with Gasteiger partial charge in [0.25, 0.3) is 0 Å². The van der Waals surface area contributed by atoms with E-state index in [1.807, 2.05) is 6.20 Å². The lowest BCUT2D eigenvalue weighted by atomic mass is 10.1. The Balaban J connectivity index is 2.17. The SMILES string of the molecule is Cn1cc(CC(N)c2ncc(Cl)cc2Cl)nn1. The summed E-state index contributed by atoms with van der Waals surface area (Å²) in [5, 5.41) is 8.76. The number of pyridine rings is 1. The quantitative estimate of drug-likeness (QED) is 0.924. The van der Waals surface area contributed by atoms with E-state index in [0.717, 1.165) is 5.69 Å². The predicted octanol–water partition coefficient (Wildman–Crippen LogP) is 1.76. The van der Waals surface area contributed by atoms with E-state index in [9.17, 15) is 0 Å². The summed E-state index contributed by atoms with van der Waals surface area (Å²) < 4.78 is 1.62. The molecule has 0 bridgehead atoms. The third-order valence-corrected chi connectivity index (χ3v) is 2.78. The highest BCUT2D eigenvalue weighted by atomic mass is 35.5. The van der Waals surface area contributed by atoms with Crippen molar-refractivity contribution < 1.29 is 0 Å². The number of hydrogen-bond acceptors (Lipinski definition) is 4. The number of hydrogen-bond donors (Lipinski definition) is 1. The topological polar surface area (TPSA) is 69.6 Å². The zero-order valence-electron chi connectivity index (χ0n) is 9.14. The molecule has 0 aromatic carbocycles. The maximum absolute atomic E-state index is 6.03. The molecule has 0 saturated heterocycles. The Morgan fingerprint density at radius 2 is 2.24 bits per heavy atom. The minimum Gasteiger partial charge on any atom is -0.322 e. The first kappa shape index (κ1) is 12.3. The Bertz CT molecular complexity index is 525. The van der Waals surface area contributed by atoms with Crippen molar-refractivity contribution in [1.29, 1.82) is 0 Å². The molecule has 17 heavy (non-hydrogen) atoms. The van der Waals surface area contributed by atoms with Gasteiger partial charge in [-0.05, 0) is 6.07 Å². The highest BCUT2D eigenvalue weighted by Crippen LogP contribution is 2.24. The summed E-state index contributed by atoms with van der Waals surface area (Å²) in [5.41, 5.74) is 7.43. The Hall–Kier alpha value is -1.17. The van der Waals surface area contributed by atoms with Gasteiger partial charge in [-0.1, -0.05) is 28.4 Å². The summed E-state index contributed by atoms with van der Waals surface area (Å²) in [5.74, 6) is 0. The molecule has 0 fully saturated rings. The highest BCUT2D eigenvalue weighted by Gasteiger charge is 2.14. The standard InChI is InChI=1S/C10H11Cl2N5/c1-17-5-7(15-16-17)3-9(13)10-8(12)2-6(11)4-14-10/h2,4-5,9H,3,13H2,1H3. The number of rotatable bonds is 3. The third kappa shape index (κ3) is 2.94. The van der Waals surface area contributed by atoms with Crippen molar-refractivity contribution in [2.45, 2.75) is 12.5 Å². The molecule has 1 unspecified atom stereocenters. The molecular weight excluding hydrogens is 261 g/mol. The van der Waals surface area contributed by atoms with Crippen LogP contribution in [0.25, 0.3) is 0 Å². The van der Waals surface area contributed by atoms with Gasteiger partial charge in [0, 0.05) is 25.9 Å². The lowest BCUT2D eigenvalue weighted by molar-refractivity contribution is 0.677. The zero-order chi connectivity index (χ0) is 12.4. The minimum atomic E-state index is -0.323. The van der Waals surface area contributed by atoms with E-state index in [1.165, 1.54) is 6.20 Å². The minimum absolute atomic E-state index is 0.323. The van der Waals surface area contributed by atoms with Gasteiger partial charge in [-0.25, -0.2) is 0 Å². The van der Waals surface area contributed by atoms with Crippen LogP contribution >= 0.6 is 23.2 Å². The smallest absolute Gasteiger partial charge is 0.0846 e. The lowest BCUT2D eigenvalue weighted by Gasteiger charge is -2.10. The van der Waals surface area contributed by atoms with E-state index in [1.54, 1.807) is 17.8 Å². The summed E-state index contributed by atoms with van der Waals surface area (Å²) in [6.07, 6.45) is 3.87. The van der Waals surface area contributed by atoms with Crippen molar-refractivity contribution in [3.8, 4) is 0 Å². The average Bonchev–Trinajstić information content (AvgIpc) is 2.63. The van der Waals surface area contributed by atoms with Crippen LogP contribution in [0, 0.1) is 0 Å². The molecule has 0 aliphatic carbocycles. The second-order valence-electron chi connectivity index (χ2n) is 3.71. The molecule has 2 aromatic rings. The molecule has 0 aliphatic heterocycles. The van der Waals surface area contributed by atoms with Crippen LogP contribution in [0.15, 0.2) is 18.5 Å². The van der Waals surface area contributed by atoms with Crippen molar-refractivity contribution in [2.75, 3.05) is 0 Å². The summed E-state index contributed by atoms with van der Waals surface area (Å²) in [6, 6.07) is 1.30. The van der Waals surface area contributed by atoms with E-state index in [4.69, 9.17) is 28.9 Å². The summed E-state index contributed by atoms with van der Waals surface area (Å²) in [7, 11) is 1.80. The summed E-state index contributed by atoms with van der Waals surface area (Å²) >= 11 is 11.8. The van der Waals surface area contributed by atoms with Crippen LogP contribution < -0.4 is 5.73 Å². The molecule has 1 atom stereocenters. The van der Waals surface area contributed by atoms with Gasteiger partial charge >= 0.3 is 0 Å².